The fraction of sp³-hybridized carbons (Fsp3) is 0.333. The summed E-state index contributed by atoms with van der Waals surface area (Å²) in [5.74, 6) is 1.15. The van der Waals surface area contributed by atoms with Crippen molar-refractivity contribution in [3.05, 3.63) is 75.2 Å². The van der Waals surface area contributed by atoms with Crippen LogP contribution < -0.4 is 16.1 Å². The molecule has 186 valence electrons. The van der Waals surface area contributed by atoms with Crippen LogP contribution in [-0.4, -0.2) is 38.6 Å². The summed E-state index contributed by atoms with van der Waals surface area (Å²) in [6.45, 7) is 0.0545. The van der Waals surface area contributed by atoms with E-state index in [1.807, 2.05) is 0 Å². The van der Waals surface area contributed by atoms with Crippen LogP contribution in [0.2, 0.25) is 5.15 Å². The molecule has 1 saturated carbocycles. The van der Waals surface area contributed by atoms with Crippen LogP contribution in [0.3, 0.4) is 0 Å². The zero-order valence-corrected chi connectivity index (χ0v) is 20.4. The van der Waals surface area contributed by atoms with E-state index in [9.17, 15) is 19.5 Å². The Balaban J connectivity index is 1.66. The van der Waals surface area contributed by atoms with Crippen molar-refractivity contribution in [3.63, 3.8) is 0 Å². The van der Waals surface area contributed by atoms with Crippen LogP contribution in [0.4, 0.5) is 0 Å². The van der Waals surface area contributed by atoms with Crippen LogP contribution in [0.5, 0.6) is 0 Å². The van der Waals surface area contributed by atoms with Crippen molar-refractivity contribution in [3.8, 4) is 12.3 Å². The van der Waals surface area contributed by atoms with Gasteiger partial charge in [0.15, 0.2) is 6.10 Å². The normalized spacial score (nSPS) is 15.6. The molecule has 2 aromatic heterocycles. The first-order valence-electron chi connectivity index (χ1n) is 11.9. The van der Waals surface area contributed by atoms with Gasteiger partial charge in [-0.05, 0) is 30.5 Å². The molecule has 9 heteroatoms. The van der Waals surface area contributed by atoms with Gasteiger partial charge in [-0.15, -0.1) is 6.42 Å². The SMILES string of the molecule is C#CCn1cc(C(=O)NC(c2ccccc2)C(O)C(=O)NC2CCCCC2)c(=O)c2ccc(Cl)nc21. The number of rotatable bonds is 7. The third kappa shape index (κ3) is 5.59. The summed E-state index contributed by atoms with van der Waals surface area (Å²) < 4.78 is 1.49. The molecule has 1 aliphatic carbocycles. The van der Waals surface area contributed by atoms with E-state index in [0.29, 0.717) is 5.56 Å². The fourth-order valence-corrected chi connectivity index (χ4v) is 4.67. The van der Waals surface area contributed by atoms with E-state index in [1.165, 1.54) is 22.9 Å². The molecule has 2 unspecified atom stereocenters. The van der Waals surface area contributed by atoms with E-state index >= 15 is 0 Å². The molecule has 2 atom stereocenters. The van der Waals surface area contributed by atoms with Gasteiger partial charge in [0.25, 0.3) is 11.8 Å². The Bertz CT molecular complexity index is 1360. The average molecular weight is 507 g/mol. The lowest BCUT2D eigenvalue weighted by molar-refractivity contribution is -0.131. The quantitative estimate of drug-likeness (QED) is 0.337. The predicted octanol–water partition coefficient (Wildman–Crippen LogP) is 2.96. The molecule has 0 aliphatic heterocycles. The maximum Gasteiger partial charge on any atom is 0.257 e. The molecule has 2 amide bonds. The number of carbonyl (C=O) groups excluding carboxylic acids is 2. The van der Waals surface area contributed by atoms with Crippen molar-refractivity contribution in [2.75, 3.05) is 0 Å². The first-order chi connectivity index (χ1) is 17.4. The van der Waals surface area contributed by atoms with Gasteiger partial charge in [-0.3, -0.25) is 14.4 Å². The van der Waals surface area contributed by atoms with Gasteiger partial charge in [-0.1, -0.05) is 67.1 Å². The van der Waals surface area contributed by atoms with Crippen molar-refractivity contribution < 1.29 is 14.7 Å². The highest BCUT2D eigenvalue weighted by Crippen LogP contribution is 2.21. The molecule has 1 aromatic carbocycles. The highest BCUT2D eigenvalue weighted by Gasteiger charge is 2.31. The highest BCUT2D eigenvalue weighted by molar-refractivity contribution is 6.29. The first kappa shape index (κ1) is 25.4. The number of fused-ring (bicyclic) bond motifs is 1. The third-order valence-electron chi connectivity index (χ3n) is 6.37. The standard InChI is InChI=1S/C27H27ClN4O4/c1-2-15-32-16-20(23(33)19-13-14-21(28)30-25(19)32)26(35)31-22(17-9-5-3-6-10-17)24(34)27(36)29-18-11-7-4-8-12-18/h1,3,5-6,9-10,13-14,16,18,22,24,34H,4,7-8,11-12,15H2,(H,29,36)(H,31,35). The summed E-state index contributed by atoms with van der Waals surface area (Å²) in [5, 5.41) is 17.0. The van der Waals surface area contributed by atoms with Crippen molar-refractivity contribution in [2.45, 2.75) is 56.8 Å². The number of hydrogen-bond donors (Lipinski definition) is 3. The zero-order chi connectivity index (χ0) is 25.7. The van der Waals surface area contributed by atoms with Crippen LogP contribution in [0.25, 0.3) is 11.0 Å². The summed E-state index contributed by atoms with van der Waals surface area (Å²) in [7, 11) is 0. The summed E-state index contributed by atoms with van der Waals surface area (Å²) in [6, 6.07) is 10.5. The molecule has 0 radical (unpaired) electrons. The molecule has 0 bridgehead atoms. The molecule has 0 spiro atoms. The van der Waals surface area contributed by atoms with Gasteiger partial charge in [-0.2, -0.15) is 0 Å². The monoisotopic (exact) mass is 506 g/mol. The molecule has 1 fully saturated rings. The van der Waals surface area contributed by atoms with Crippen LogP contribution in [0.15, 0.2) is 53.5 Å². The Morgan fingerprint density at radius 1 is 1.17 bits per heavy atom. The van der Waals surface area contributed by atoms with E-state index in [-0.39, 0.29) is 34.3 Å². The third-order valence-corrected chi connectivity index (χ3v) is 6.59. The van der Waals surface area contributed by atoms with Crippen LogP contribution in [-0.2, 0) is 11.3 Å². The Labute approximate surface area is 213 Å². The highest BCUT2D eigenvalue weighted by atomic mass is 35.5. The van der Waals surface area contributed by atoms with Crippen molar-refractivity contribution >= 4 is 34.4 Å². The Morgan fingerprint density at radius 3 is 2.58 bits per heavy atom. The number of nitrogens with zero attached hydrogens (tertiary/aromatic N) is 2. The van der Waals surface area contributed by atoms with Crippen molar-refractivity contribution in [2.24, 2.45) is 0 Å². The summed E-state index contributed by atoms with van der Waals surface area (Å²) in [6.07, 6.45) is 10.1. The van der Waals surface area contributed by atoms with Crippen molar-refractivity contribution in [1.82, 2.24) is 20.2 Å². The molecule has 1 aliphatic rings. The lowest BCUT2D eigenvalue weighted by Crippen LogP contribution is -2.48. The molecule has 36 heavy (non-hydrogen) atoms. The minimum atomic E-state index is -1.56. The van der Waals surface area contributed by atoms with Gasteiger partial charge in [-0.25, -0.2) is 4.98 Å². The number of nitrogens with one attached hydrogen (secondary N) is 2. The number of aromatic nitrogens is 2. The van der Waals surface area contributed by atoms with E-state index in [2.05, 4.69) is 21.5 Å². The molecule has 8 nitrogen and oxygen atoms in total. The maximum atomic E-state index is 13.4. The number of aliphatic hydroxyl groups excluding tert-OH is 1. The minimum absolute atomic E-state index is 0.0104. The number of terminal acetylenes is 1. The van der Waals surface area contributed by atoms with Crippen molar-refractivity contribution in [1.29, 1.82) is 0 Å². The summed E-state index contributed by atoms with van der Waals surface area (Å²) in [5.41, 5.74) is 0.0272. The lowest BCUT2D eigenvalue weighted by atomic mass is 9.94. The maximum absolute atomic E-state index is 13.4. The van der Waals surface area contributed by atoms with Crippen LogP contribution in [0.1, 0.15) is 54.1 Å². The van der Waals surface area contributed by atoms with Gasteiger partial charge in [0.2, 0.25) is 5.43 Å². The number of aliphatic hydroxyl groups is 1. The first-order valence-corrected chi connectivity index (χ1v) is 12.2. The molecule has 3 N–H and O–H groups in total. The van der Waals surface area contributed by atoms with Gasteiger partial charge < -0.3 is 20.3 Å². The molecule has 3 aromatic rings. The predicted molar refractivity (Wildman–Crippen MR) is 138 cm³/mol. The number of hydrogen-bond acceptors (Lipinski definition) is 5. The number of pyridine rings is 2. The zero-order valence-electron chi connectivity index (χ0n) is 19.6. The number of carbonyl (C=O) groups is 2. The number of benzene rings is 1. The van der Waals surface area contributed by atoms with Crippen LogP contribution in [0, 0.1) is 12.3 Å². The Hall–Kier alpha value is -3.67. The van der Waals surface area contributed by atoms with E-state index in [0.717, 1.165) is 32.1 Å². The van der Waals surface area contributed by atoms with E-state index in [4.69, 9.17) is 18.0 Å². The second kappa shape index (κ2) is 11.4. The second-order valence-corrected chi connectivity index (χ2v) is 9.25. The molecule has 4 rings (SSSR count). The average Bonchev–Trinajstić information content (AvgIpc) is 2.89. The second-order valence-electron chi connectivity index (χ2n) is 8.86. The Morgan fingerprint density at radius 2 is 1.89 bits per heavy atom. The largest absolute Gasteiger partial charge is 0.381 e. The van der Waals surface area contributed by atoms with Crippen LogP contribution >= 0.6 is 11.6 Å². The van der Waals surface area contributed by atoms with Gasteiger partial charge in [0, 0.05) is 12.2 Å². The van der Waals surface area contributed by atoms with Gasteiger partial charge in [0.05, 0.1) is 18.0 Å². The Kier molecular flexibility index (Phi) is 8.04. The fourth-order valence-electron chi connectivity index (χ4n) is 4.53. The topological polar surface area (TPSA) is 113 Å². The summed E-state index contributed by atoms with van der Waals surface area (Å²) in [4.78, 5) is 43.7. The van der Waals surface area contributed by atoms with E-state index in [1.54, 1.807) is 30.3 Å². The number of amides is 2. The molecule has 0 saturated heterocycles. The molecular weight excluding hydrogens is 480 g/mol. The smallest absolute Gasteiger partial charge is 0.257 e. The molecule has 2 heterocycles. The van der Waals surface area contributed by atoms with Gasteiger partial charge in [0.1, 0.15) is 16.4 Å². The minimum Gasteiger partial charge on any atom is -0.381 e. The molecular formula is C27H27ClN4O4. The lowest BCUT2D eigenvalue weighted by Gasteiger charge is -2.28. The van der Waals surface area contributed by atoms with E-state index < -0.39 is 29.4 Å². The summed E-state index contributed by atoms with van der Waals surface area (Å²) >= 11 is 5.99. The number of halogens is 1. The van der Waals surface area contributed by atoms with Gasteiger partial charge >= 0.3 is 0 Å².